The molecule has 0 saturated heterocycles. The van der Waals surface area contributed by atoms with Crippen LogP contribution in [0.5, 0.6) is 0 Å². The zero-order chi connectivity index (χ0) is 19.5. The molecule has 0 atom stereocenters. The van der Waals surface area contributed by atoms with Crippen LogP contribution in [0.4, 0.5) is 5.13 Å². The summed E-state index contributed by atoms with van der Waals surface area (Å²) in [5.74, 6) is -0.0691. The third kappa shape index (κ3) is 3.80. The normalized spacial score (nSPS) is 10.9. The molecule has 0 fully saturated rings. The highest BCUT2D eigenvalue weighted by Gasteiger charge is 2.22. The van der Waals surface area contributed by atoms with Gasteiger partial charge in [-0.05, 0) is 55.3 Å². The average Bonchev–Trinajstić information content (AvgIpc) is 3.15. The molecule has 2 aromatic carbocycles. The van der Waals surface area contributed by atoms with Crippen molar-refractivity contribution >= 4 is 32.6 Å². The van der Waals surface area contributed by atoms with Gasteiger partial charge in [-0.1, -0.05) is 48.1 Å². The monoisotopic (exact) mass is 387 g/mol. The number of benzene rings is 2. The number of aromatic nitrogens is 2. The van der Waals surface area contributed by atoms with Crippen LogP contribution in [0.3, 0.4) is 0 Å². The maximum Gasteiger partial charge on any atom is 0.260 e. The number of fused-ring (bicyclic) bond motifs is 1. The van der Waals surface area contributed by atoms with Gasteiger partial charge in [-0.3, -0.25) is 14.7 Å². The maximum atomic E-state index is 13.3. The molecule has 0 spiro atoms. The molecular weight excluding hydrogens is 366 g/mol. The maximum absolute atomic E-state index is 13.3. The van der Waals surface area contributed by atoms with E-state index in [-0.39, 0.29) is 5.91 Å². The first-order valence-corrected chi connectivity index (χ1v) is 10.1. The summed E-state index contributed by atoms with van der Waals surface area (Å²) in [4.78, 5) is 24.2. The number of carbonyl (C=O) groups excluding carboxylic acids is 1. The largest absolute Gasteiger partial charge is 0.278 e. The second-order valence-corrected chi connectivity index (χ2v) is 7.74. The zero-order valence-corrected chi connectivity index (χ0v) is 16.7. The van der Waals surface area contributed by atoms with Crippen molar-refractivity contribution < 1.29 is 4.79 Å². The van der Waals surface area contributed by atoms with E-state index < -0.39 is 0 Å². The zero-order valence-electron chi connectivity index (χ0n) is 15.9. The van der Waals surface area contributed by atoms with E-state index in [4.69, 9.17) is 4.98 Å². The van der Waals surface area contributed by atoms with E-state index >= 15 is 0 Å². The van der Waals surface area contributed by atoms with Crippen molar-refractivity contribution in [2.24, 2.45) is 0 Å². The van der Waals surface area contributed by atoms with E-state index in [1.165, 1.54) is 5.56 Å². The van der Waals surface area contributed by atoms with Crippen molar-refractivity contribution in [2.75, 3.05) is 4.90 Å². The molecule has 2 heterocycles. The van der Waals surface area contributed by atoms with Crippen LogP contribution >= 0.6 is 11.3 Å². The van der Waals surface area contributed by atoms with Crippen LogP contribution in [0.25, 0.3) is 10.2 Å². The molecule has 0 aliphatic rings. The van der Waals surface area contributed by atoms with Gasteiger partial charge in [0, 0.05) is 11.8 Å². The fourth-order valence-corrected chi connectivity index (χ4v) is 4.05. The Bertz CT molecular complexity index is 1100. The number of aryl methyl sites for hydroxylation is 2. The van der Waals surface area contributed by atoms with Crippen molar-refractivity contribution in [2.45, 2.75) is 26.8 Å². The first-order chi connectivity index (χ1) is 13.6. The molecule has 1 amide bonds. The number of anilines is 1. The van der Waals surface area contributed by atoms with E-state index in [2.05, 4.69) is 24.0 Å². The molecule has 0 radical (unpaired) electrons. The highest BCUT2D eigenvalue weighted by Crippen LogP contribution is 2.31. The van der Waals surface area contributed by atoms with Crippen LogP contribution in [0.15, 0.2) is 66.9 Å². The molecule has 0 unspecified atom stereocenters. The van der Waals surface area contributed by atoms with Crippen molar-refractivity contribution in [3.8, 4) is 0 Å². The minimum Gasteiger partial charge on any atom is -0.278 e. The number of carbonyl (C=O) groups is 1. The van der Waals surface area contributed by atoms with Gasteiger partial charge >= 0.3 is 0 Å². The van der Waals surface area contributed by atoms with Gasteiger partial charge in [0.25, 0.3) is 5.91 Å². The number of pyridine rings is 1. The lowest BCUT2D eigenvalue weighted by atomic mass is 10.1. The lowest BCUT2D eigenvalue weighted by molar-refractivity contribution is 0.0985. The summed E-state index contributed by atoms with van der Waals surface area (Å²) in [6, 6.07) is 19.7. The van der Waals surface area contributed by atoms with Gasteiger partial charge in [-0.2, -0.15) is 0 Å². The Balaban J connectivity index is 1.75. The number of amides is 1. The molecule has 28 heavy (non-hydrogen) atoms. The van der Waals surface area contributed by atoms with E-state index in [9.17, 15) is 4.79 Å². The third-order valence-corrected chi connectivity index (χ3v) is 5.71. The Labute approximate surface area is 168 Å². The average molecular weight is 388 g/mol. The Hall–Kier alpha value is -3.05. The van der Waals surface area contributed by atoms with Gasteiger partial charge in [0.15, 0.2) is 5.13 Å². The molecule has 4 rings (SSSR count). The summed E-state index contributed by atoms with van der Waals surface area (Å²) >= 11 is 1.55. The van der Waals surface area contributed by atoms with Gasteiger partial charge in [-0.25, -0.2) is 4.98 Å². The summed E-state index contributed by atoms with van der Waals surface area (Å²) in [6.45, 7) is 4.53. The van der Waals surface area contributed by atoms with Crippen molar-refractivity contribution in [1.82, 2.24) is 9.97 Å². The van der Waals surface area contributed by atoms with Gasteiger partial charge in [0.1, 0.15) is 0 Å². The molecule has 0 bridgehead atoms. The van der Waals surface area contributed by atoms with Crippen LogP contribution in [0.1, 0.15) is 34.1 Å². The molecule has 0 saturated carbocycles. The second-order valence-electron chi connectivity index (χ2n) is 6.73. The molecular formula is C23H21N3OS. The van der Waals surface area contributed by atoms with Crippen molar-refractivity contribution in [1.29, 1.82) is 0 Å². The minimum absolute atomic E-state index is 0.0691. The first kappa shape index (κ1) is 18.3. The standard InChI is InChI=1S/C23H21N3OS/c1-3-17-9-12-20-21(14-17)28-23(25-20)26(15-19-6-4-5-13-24-19)22(27)18-10-7-16(2)8-11-18/h4-14H,3,15H2,1-2H3. The Morgan fingerprint density at radius 1 is 1.07 bits per heavy atom. The van der Waals surface area contributed by atoms with Crippen LogP contribution in [0, 0.1) is 6.92 Å². The smallest absolute Gasteiger partial charge is 0.260 e. The lowest BCUT2D eigenvalue weighted by Crippen LogP contribution is -2.30. The third-order valence-electron chi connectivity index (χ3n) is 4.67. The number of hydrogen-bond donors (Lipinski definition) is 0. The van der Waals surface area contributed by atoms with E-state index in [0.717, 1.165) is 27.9 Å². The van der Waals surface area contributed by atoms with E-state index in [1.807, 2.05) is 55.5 Å². The van der Waals surface area contributed by atoms with Crippen LogP contribution in [-0.2, 0) is 13.0 Å². The Kier molecular flexibility index (Phi) is 5.17. The second kappa shape index (κ2) is 7.90. The summed E-state index contributed by atoms with van der Waals surface area (Å²) in [7, 11) is 0. The van der Waals surface area contributed by atoms with Crippen LogP contribution in [-0.4, -0.2) is 15.9 Å². The number of nitrogens with zero attached hydrogens (tertiary/aromatic N) is 3. The van der Waals surface area contributed by atoms with Crippen LogP contribution < -0.4 is 4.90 Å². The summed E-state index contributed by atoms with van der Waals surface area (Å²) in [6.07, 6.45) is 2.72. The van der Waals surface area contributed by atoms with Gasteiger partial charge in [-0.15, -0.1) is 0 Å². The molecule has 0 N–H and O–H groups in total. The van der Waals surface area contributed by atoms with E-state index in [0.29, 0.717) is 17.2 Å². The highest BCUT2D eigenvalue weighted by atomic mass is 32.1. The van der Waals surface area contributed by atoms with E-state index in [1.54, 1.807) is 22.4 Å². The highest BCUT2D eigenvalue weighted by molar-refractivity contribution is 7.22. The molecule has 4 aromatic rings. The fraction of sp³-hybridized carbons (Fsp3) is 0.174. The molecule has 4 nitrogen and oxygen atoms in total. The minimum atomic E-state index is -0.0691. The lowest BCUT2D eigenvalue weighted by Gasteiger charge is -2.19. The molecule has 5 heteroatoms. The predicted octanol–water partition coefficient (Wildman–Crippen LogP) is 5.41. The van der Waals surface area contributed by atoms with Gasteiger partial charge in [0.2, 0.25) is 0 Å². The van der Waals surface area contributed by atoms with Gasteiger partial charge < -0.3 is 0 Å². The summed E-state index contributed by atoms with van der Waals surface area (Å²) in [5, 5.41) is 0.694. The fourth-order valence-electron chi connectivity index (χ4n) is 3.02. The van der Waals surface area contributed by atoms with Crippen LogP contribution in [0.2, 0.25) is 0 Å². The van der Waals surface area contributed by atoms with Gasteiger partial charge in [0.05, 0.1) is 22.5 Å². The number of hydrogen-bond acceptors (Lipinski definition) is 4. The van der Waals surface area contributed by atoms with Crippen molar-refractivity contribution in [3.05, 3.63) is 89.2 Å². The quantitative estimate of drug-likeness (QED) is 0.460. The first-order valence-electron chi connectivity index (χ1n) is 9.32. The number of rotatable bonds is 5. The topological polar surface area (TPSA) is 46.1 Å². The molecule has 0 aliphatic heterocycles. The molecule has 0 aliphatic carbocycles. The SMILES string of the molecule is CCc1ccc2nc(N(Cc3ccccn3)C(=O)c3ccc(C)cc3)sc2c1. The molecule has 2 aromatic heterocycles. The summed E-state index contributed by atoms with van der Waals surface area (Å²) in [5.41, 5.74) is 4.79. The predicted molar refractivity (Wildman–Crippen MR) is 115 cm³/mol. The van der Waals surface area contributed by atoms with Crippen molar-refractivity contribution in [3.63, 3.8) is 0 Å². The molecule has 140 valence electrons. The Morgan fingerprint density at radius 2 is 1.89 bits per heavy atom. The Morgan fingerprint density at radius 3 is 2.61 bits per heavy atom. The number of thiazole rings is 1. The summed E-state index contributed by atoms with van der Waals surface area (Å²) < 4.78 is 1.09.